The van der Waals surface area contributed by atoms with Crippen LogP contribution in [0.3, 0.4) is 0 Å². The average Bonchev–Trinajstić information content (AvgIpc) is 2.56. The molecule has 1 fully saturated rings. The number of esters is 1. The number of benzene rings is 1. The Labute approximate surface area is 153 Å². The van der Waals surface area contributed by atoms with Crippen LogP contribution in [0.25, 0.3) is 0 Å². The molecule has 1 aromatic carbocycles. The van der Waals surface area contributed by atoms with Gasteiger partial charge in [-0.15, -0.1) is 0 Å². The van der Waals surface area contributed by atoms with Crippen molar-refractivity contribution in [2.75, 3.05) is 13.2 Å². The van der Waals surface area contributed by atoms with E-state index in [1.165, 1.54) is 17.0 Å². The highest BCUT2D eigenvalue weighted by Crippen LogP contribution is 2.31. The summed E-state index contributed by atoms with van der Waals surface area (Å²) >= 11 is 17.7. The number of ether oxygens (including phenoxy) is 1. The number of nitrogens with two attached hydrogens (primary N) is 1. The van der Waals surface area contributed by atoms with E-state index in [4.69, 9.17) is 45.3 Å². The minimum absolute atomic E-state index is 0.0467. The number of hydrogen-bond donors (Lipinski definition) is 1. The van der Waals surface area contributed by atoms with Crippen LogP contribution in [-0.4, -0.2) is 41.9 Å². The van der Waals surface area contributed by atoms with Gasteiger partial charge in [0.05, 0.1) is 20.6 Å². The molecule has 1 saturated heterocycles. The molecule has 0 spiro atoms. The predicted octanol–water partition coefficient (Wildman–Crippen LogP) is 2.67. The van der Waals surface area contributed by atoms with Crippen LogP contribution in [0.4, 0.5) is 0 Å². The third-order valence-electron chi connectivity index (χ3n) is 3.73. The van der Waals surface area contributed by atoms with Gasteiger partial charge in [0.15, 0.2) is 6.61 Å². The average molecular weight is 394 g/mol. The maximum Gasteiger partial charge on any atom is 0.341 e. The number of hydrogen-bond acceptors (Lipinski definition) is 4. The standard InChI is InChI=1S/C15H15Cl3N2O4/c16-8-4-5-9(17)13(18)12(8)15(23)24-7-11(21)20-6-2-1-3-10(20)14(19)22/h4-5,10H,1-3,6-7H2,(H2,19,22)/t10-/m1/s1. The van der Waals surface area contributed by atoms with Gasteiger partial charge in [-0.1, -0.05) is 34.8 Å². The molecule has 0 unspecified atom stereocenters. The van der Waals surface area contributed by atoms with Gasteiger partial charge in [0.1, 0.15) is 6.04 Å². The zero-order chi connectivity index (χ0) is 17.9. The van der Waals surface area contributed by atoms with Gasteiger partial charge >= 0.3 is 5.97 Å². The highest BCUT2D eigenvalue weighted by Gasteiger charge is 2.31. The molecule has 9 heteroatoms. The minimum Gasteiger partial charge on any atom is -0.452 e. The Morgan fingerprint density at radius 3 is 2.50 bits per heavy atom. The lowest BCUT2D eigenvalue weighted by Gasteiger charge is -2.33. The van der Waals surface area contributed by atoms with Crippen molar-refractivity contribution < 1.29 is 19.1 Å². The van der Waals surface area contributed by atoms with Gasteiger partial charge < -0.3 is 15.4 Å². The second kappa shape index (κ2) is 8.05. The van der Waals surface area contributed by atoms with E-state index in [2.05, 4.69) is 0 Å². The summed E-state index contributed by atoms with van der Waals surface area (Å²) in [5.74, 6) is -1.94. The summed E-state index contributed by atoms with van der Waals surface area (Å²) in [5, 5.41) is 0.161. The molecular formula is C15H15Cl3N2O4. The molecule has 0 aliphatic carbocycles. The zero-order valence-electron chi connectivity index (χ0n) is 12.6. The van der Waals surface area contributed by atoms with Crippen molar-refractivity contribution in [1.29, 1.82) is 0 Å². The molecule has 2 N–H and O–H groups in total. The Bertz CT molecular complexity index is 681. The van der Waals surface area contributed by atoms with Gasteiger partial charge in [0, 0.05) is 6.54 Å². The van der Waals surface area contributed by atoms with Gasteiger partial charge in [-0.3, -0.25) is 9.59 Å². The minimum atomic E-state index is -0.867. The van der Waals surface area contributed by atoms with Crippen LogP contribution in [0, 0.1) is 0 Å². The largest absolute Gasteiger partial charge is 0.452 e. The number of piperidine rings is 1. The van der Waals surface area contributed by atoms with E-state index in [9.17, 15) is 14.4 Å². The molecule has 1 aliphatic heterocycles. The van der Waals surface area contributed by atoms with E-state index < -0.39 is 30.4 Å². The first-order chi connectivity index (χ1) is 11.3. The van der Waals surface area contributed by atoms with Crippen molar-refractivity contribution in [3.05, 3.63) is 32.8 Å². The fraction of sp³-hybridized carbons (Fsp3) is 0.400. The van der Waals surface area contributed by atoms with Crippen LogP contribution in [0.2, 0.25) is 15.1 Å². The molecule has 0 saturated carbocycles. The Morgan fingerprint density at radius 2 is 1.83 bits per heavy atom. The van der Waals surface area contributed by atoms with Crippen LogP contribution in [-0.2, 0) is 14.3 Å². The van der Waals surface area contributed by atoms with Gasteiger partial charge in [0.25, 0.3) is 5.91 Å². The van der Waals surface area contributed by atoms with E-state index in [1.54, 1.807) is 0 Å². The van der Waals surface area contributed by atoms with E-state index in [1.807, 2.05) is 0 Å². The molecule has 0 bridgehead atoms. The predicted molar refractivity (Wildman–Crippen MR) is 90.3 cm³/mol. The lowest BCUT2D eigenvalue weighted by atomic mass is 10.0. The fourth-order valence-corrected chi connectivity index (χ4v) is 3.20. The molecule has 6 nitrogen and oxygen atoms in total. The maximum atomic E-state index is 12.2. The SMILES string of the molecule is NC(=O)[C@H]1CCCCN1C(=O)COC(=O)c1c(Cl)ccc(Cl)c1Cl. The summed E-state index contributed by atoms with van der Waals surface area (Å²) in [6.07, 6.45) is 2.07. The number of halogens is 3. The molecule has 1 aliphatic rings. The summed E-state index contributed by atoms with van der Waals surface area (Å²) in [5.41, 5.74) is 5.20. The van der Waals surface area contributed by atoms with Crippen LogP contribution in [0.1, 0.15) is 29.6 Å². The van der Waals surface area contributed by atoms with E-state index in [-0.39, 0.29) is 20.6 Å². The Morgan fingerprint density at radius 1 is 1.17 bits per heavy atom. The normalized spacial score (nSPS) is 17.5. The van der Waals surface area contributed by atoms with Crippen LogP contribution < -0.4 is 5.73 Å². The third kappa shape index (κ3) is 4.12. The fourth-order valence-electron chi connectivity index (χ4n) is 2.52. The summed E-state index contributed by atoms with van der Waals surface area (Å²) in [6, 6.07) is 2.17. The molecule has 1 heterocycles. The van der Waals surface area contributed by atoms with Crippen molar-refractivity contribution in [3.8, 4) is 0 Å². The van der Waals surface area contributed by atoms with Crippen molar-refractivity contribution in [3.63, 3.8) is 0 Å². The summed E-state index contributed by atoms with van der Waals surface area (Å²) in [6.45, 7) is -0.148. The van der Waals surface area contributed by atoms with Gasteiger partial charge in [0.2, 0.25) is 5.91 Å². The van der Waals surface area contributed by atoms with E-state index in [0.29, 0.717) is 13.0 Å². The molecular weight excluding hydrogens is 379 g/mol. The zero-order valence-corrected chi connectivity index (χ0v) is 14.8. The quantitative estimate of drug-likeness (QED) is 0.629. The van der Waals surface area contributed by atoms with E-state index >= 15 is 0 Å². The molecule has 1 aromatic rings. The molecule has 0 radical (unpaired) electrons. The van der Waals surface area contributed by atoms with Crippen LogP contribution in [0.15, 0.2) is 12.1 Å². The summed E-state index contributed by atoms with van der Waals surface area (Å²) in [7, 11) is 0. The third-order valence-corrected chi connectivity index (χ3v) is 4.85. The number of carbonyl (C=O) groups is 3. The van der Waals surface area contributed by atoms with Crippen molar-refractivity contribution in [2.45, 2.75) is 25.3 Å². The lowest BCUT2D eigenvalue weighted by Crippen LogP contribution is -2.51. The highest BCUT2D eigenvalue weighted by molar-refractivity contribution is 6.46. The molecule has 1 atom stereocenters. The Balaban J connectivity index is 2.05. The first kappa shape index (κ1) is 18.8. The second-order valence-electron chi connectivity index (χ2n) is 5.30. The topological polar surface area (TPSA) is 89.7 Å². The van der Waals surface area contributed by atoms with Gasteiger partial charge in [-0.25, -0.2) is 4.79 Å². The number of amides is 2. The number of likely N-dealkylation sites (tertiary alicyclic amines) is 1. The monoisotopic (exact) mass is 392 g/mol. The molecule has 2 amide bonds. The number of primary amides is 1. The Hall–Kier alpha value is -1.50. The summed E-state index contributed by atoms with van der Waals surface area (Å²) in [4.78, 5) is 37.1. The van der Waals surface area contributed by atoms with Crippen molar-refractivity contribution in [2.24, 2.45) is 5.73 Å². The highest BCUT2D eigenvalue weighted by atomic mass is 35.5. The number of rotatable bonds is 4. The molecule has 2 rings (SSSR count). The first-order valence-corrected chi connectivity index (χ1v) is 8.35. The summed E-state index contributed by atoms with van der Waals surface area (Å²) < 4.78 is 4.98. The van der Waals surface area contributed by atoms with Crippen molar-refractivity contribution in [1.82, 2.24) is 4.90 Å². The number of carbonyl (C=O) groups excluding carboxylic acids is 3. The second-order valence-corrected chi connectivity index (χ2v) is 6.49. The molecule has 24 heavy (non-hydrogen) atoms. The molecule has 130 valence electrons. The smallest absolute Gasteiger partial charge is 0.341 e. The van der Waals surface area contributed by atoms with Crippen LogP contribution in [0.5, 0.6) is 0 Å². The van der Waals surface area contributed by atoms with E-state index in [0.717, 1.165) is 12.8 Å². The van der Waals surface area contributed by atoms with Gasteiger partial charge in [-0.05, 0) is 31.4 Å². The maximum absolute atomic E-state index is 12.2. The molecule has 0 aromatic heterocycles. The lowest BCUT2D eigenvalue weighted by molar-refractivity contribution is -0.143. The first-order valence-electron chi connectivity index (χ1n) is 7.22. The van der Waals surface area contributed by atoms with Crippen LogP contribution >= 0.6 is 34.8 Å². The van der Waals surface area contributed by atoms with Crippen molar-refractivity contribution >= 4 is 52.6 Å². The Kier molecular flexibility index (Phi) is 6.32. The van der Waals surface area contributed by atoms with Gasteiger partial charge in [-0.2, -0.15) is 0 Å². The number of nitrogens with zero attached hydrogens (tertiary/aromatic N) is 1.